The van der Waals surface area contributed by atoms with E-state index in [0.717, 1.165) is 11.1 Å². The van der Waals surface area contributed by atoms with Crippen molar-refractivity contribution in [3.05, 3.63) is 136 Å². The topological polar surface area (TPSA) is 66.8 Å². The number of hydrogen-bond acceptors (Lipinski definition) is 4. The van der Waals surface area contributed by atoms with Gasteiger partial charge in [-0.05, 0) is 78.2 Å². The Morgan fingerprint density at radius 3 is 2.29 bits per heavy atom. The number of Topliss-reactive ketones (excluding diaryl/α,β-unsaturated/α-hetero) is 1. The van der Waals surface area contributed by atoms with Crippen molar-refractivity contribution in [1.29, 1.82) is 0 Å². The number of ketones is 1. The van der Waals surface area contributed by atoms with Gasteiger partial charge in [0.15, 0.2) is 0 Å². The van der Waals surface area contributed by atoms with Gasteiger partial charge >= 0.3 is 0 Å². The van der Waals surface area contributed by atoms with Gasteiger partial charge in [0.2, 0.25) is 0 Å². The number of halogens is 2. The predicted molar refractivity (Wildman–Crippen MR) is 145 cm³/mol. The van der Waals surface area contributed by atoms with E-state index >= 15 is 0 Å². The van der Waals surface area contributed by atoms with E-state index in [2.05, 4.69) is 0 Å². The quantitative estimate of drug-likeness (QED) is 0.167. The summed E-state index contributed by atoms with van der Waals surface area (Å²) in [5, 5.41) is 11.8. The summed E-state index contributed by atoms with van der Waals surface area (Å²) in [6.07, 6.45) is 0. The molecule has 1 unspecified atom stereocenters. The van der Waals surface area contributed by atoms with Crippen LogP contribution in [0.2, 0.25) is 5.02 Å². The zero-order chi connectivity index (χ0) is 26.8. The average Bonchev–Trinajstić information content (AvgIpc) is 3.19. The van der Waals surface area contributed by atoms with E-state index in [0.29, 0.717) is 34.2 Å². The molecule has 1 fully saturated rings. The highest BCUT2D eigenvalue weighted by Crippen LogP contribution is 2.42. The van der Waals surface area contributed by atoms with Gasteiger partial charge in [-0.25, -0.2) is 4.39 Å². The summed E-state index contributed by atoms with van der Waals surface area (Å²) in [6, 6.07) is 25.8. The highest BCUT2D eigenvalue weighted by atomic mass is 35.5. The Kier molecular flexibility index (Phi) is 6.99. The standard InChI is InChI=1S/C31H23ClFNO4/c1-19-17-22(9-16-26(19)38-18-20-5-3-2-4-6-20)29(35)27-28(21-7-12-24(33)13-8-21)34(31(37)30(27)36)25-14-10-23(32)11-15-25/h2-17,28,35H,18H2,1H3/b29-27-. The lowest BCUT2D eigenvalue weighted by atomic mass is 9.94. The lowest BCUT2D eigenvalue weighted by Gasteiger charge is -2.25. The first-order valence-corrected chi connectivity index (χ1v) is 12.3. The number of carbonyl (C=O) groups is 2. The molecule has 0 radical (unpaired) electrons. The van der Waals surface area contributed by atoms with Gasteiger partial charge in [-0.15, -0.1) is 0 Å². The van der Waals surface area contributed by atoms with E-state index in [1.54, 1.807) is 42.5 Å². The van der Waals surface area contributed by atoms with Crippen LogP contribution in [0.15, 0.2) is 103 Å². The van der Waals surface area contributed by atoms with Crippen LogP contribution in [0.1, 0.15) is 28.3 Å². The Morgan fingerprint density at radius 1 is 0.947 bits per heavy atom. The lowest BCUT2D eigenvalue weighted by Crippen LogP contribution is -2.29. The molecule has 4 aromatic carbocycles. The molecule has 0 aromatic heterocycles. The first-order valence-electron chi connectivity index (χ1n) is 11.9. The molecule has 1 aliphatic heterocycles. The summed E-state index contributed by atoms with van der Waals surface area (Å²) in [4.78, 5) is 27.8. The van der Waals surface area contributed by atoms with Crippen LogP contribution in [0.25, 0.3) is 5.76 Å². The molecule has 0 aliphatic carbocycles. The van der Waals surface area contributed by atoms with Crippen molar-refractivity contribution < 1.29 is 23.8 Å². The zero-order valence-corrected chi connectivity index (χ0v) is 21.2. The van der Waals surface area contributed by atoms with Gasteiger partial charge in [0.1, 0.15) is 23.9 Å². The molecule has 1 aliphatic rings. The van der Waals surface area contributed by atoms with Crippen LogP contribution in [0.3, 0.4) is 0 Å². The SMILES string of the molecule is Cc1cc(/C(O)=C2/C(=O)C(=O)N(c3ccc(Cl)cc3)C2c2ccc(F)cc2)ccc1OCc1ccccc1. The summed E-state index contributed by atoms with van der Waals surface area (Å²) in [6.45, 7) is 2.21. The van der Waals surface area contributed by atoms with Gasteiger partial charge in [-0.2, -0.15) is 0 Å². The maximum Gasteiger partial charge on any atom is 0.300 e. The third-order valence-electron chi connectivity index (χ3n) is 6.42. The Labute approximate surface area is 224 Å². The van der Waals surface area contributed by atoms with Crippen LogP contribution in [0.4, 0.5) is 10.1 Å². The van der Waals surface area contributed by atoms with E-state index in [4.69, 9.17) is 16.3 Å². The molecule has 190 valence electrons. The molecule has 38 heavy (non-hydrogen) atoms. The number of anilines is 1. The fourth-order valence-electron chi connectivity index (χ4n) is 4.51. The van der Waals surface area contributed by atoms with Crippen LogP contribution < -0.4 is 9.64 Å². The van der Waals surface area contributed by atoms with Gasteiger partial charge in [0.05, 0.1) is 11.6 Å². The van der Waals surface area contributed by atoms with Gasteiger partial charge in [-0.1, -0.05) is 54.1 Å². The monoisotopic (exact) mass is 527 g/mol. The van der Waals surface area contributed by atoms with Crippen molar-refractivity contribution >= 4 is 34.7 Å². The Hall–Kier alpha value is -4.42. The largest absolute Gasteiger partial charge is 0.507 e. The van der Waals surface area contributed by atoms with Crippen molar-refractivity contribution in [3.63, 3.8) is 0 Å². The molecule has 0 saturated carbocycles. The van der Waals surface area contributed by atoms with E-state index in [9.17, 15) is 19.1 Å². The minimum Gasteiger partial charge on any atom is -0.507 e. The molecule has 1 N–H and O–H groups in total. The number of carbonyl (C=O) groups excluding carboxylic acids is 2. The number of ether oxygens (including phenoxy) is 1. The zero-order valence-electron chi connectivity index (χ0n) is 20.4. The number of aliphatic hydroxyl groups excluding tert-OH is 1. The lowest BCUT2D eigenvalue weighted by molar-refractivity contribution is -0.132. The van der Waals surface area contributed by atoms with Crippen molar-refractivity contribution in [2.75, 3.05) is 4.90 Å². The minimum atomic E-state index is -0.967. The predicted octanol–water partition coefficient (Wildman–Crippen LogP) is 6.99. The molecular formula is C31H23ClFNO4. The number of aliphatic hydroxyl groups is 1. The number of nitrogens with zero attached hydrogens (tertiary/aromatic N) is 1. The van der Waals surface area contributed by atoms with Crippen LogP contribution in [-0.2, 0) is 16.2 Å². The third-order valence-corrected chi connectivity index (χ3v) is 6.67. The van der Waals surface area contributed by atoms with E-state index in [-0.39, 0.29) is 11.3 Å². The van der Waals surface area contributed by atoms with Crippen LogP contribution in [0, 0.1) is 12.7 Å². The smallest absolute Gasteiger partial charge is 0.300 e. The second kappa shape index (κ2) is 10.5. The van der Waals surface area contributed by atoms with Crippen LogP contribution in [-0.4, -0.2) is 16.8 Å². The molecule has 5 rings (SSSR count). The summed E-state index contributed by atoms with van der Waals surface area (Å²) in [7, 11) is 0. The maximum absolute atomic E-state index is 13.7. The molecule has 1 atom stereocenters. The molecule has 7 heteroatoms. The minimum absolute atomic E-state index is 0.0890. The molecule has 0 spiro atoms. The fourth-order valence-corrected chi connectivity index (χ4v) is 4.64. The highest BCUT2D eigenvalue weighted by molar-refractivity contribution is 6.51. The molecular weight excluding hydrogens is 505 g/mol. The summed E-state index contributed by atoms with van der Waals surface area (Å²) < 4.78 is 19.7. The molecule has 1 amide bonds. The first-order chi connectivity index (χ1) is 18.3. The van der Waals surface area contributed by atoms with Crippen LogP contribution >= 0.6 is 11.6 Å². The number of amides is 1. The fraction of sp³-hybridized carbons (Fsp3) is 0.0968. The summed E-state index contributed by atoms with van der Waals surface area (Å²) >= 11 is 6.03. The Morgan fingerprint density at radius 2 is 1.63 bits per heavy atom. The van der Waals surface area contributed by atoms with E-state index in [1.807, 2.05) is 37.3 Å². The van der Waals surface area contributed by atoms with Gasteiger partial charge in [0.25, 0.3) is 11.7 Å². The number of aryl methyl sites for hydroxylation is 1. The van der Waals surface area contributed by atoms with Crippen molar-refractivity contribution in [3.8, 4) is 5.75 Å². The molecule has 4 aromatic rings. The highest BCUT2D eigenvalue weighted by Gasteiger charge is 2.47. The molecule has 5 nitrogen and oxygen atoms in total. The van der Waals surface area contributed by atoms with Gasteiger partial charge < -0.3 is 9.84 Å². The molecule has 0 bridgehead atoms. The van der Waals surface area contributed by atoms with Crippen molar-refractivity contribution in [2.45, 2.75) is 19.6 Å². The summed E-state index contributed by atoms with van der Waals surface area (Å²) in [5.41, 5.74) is 2.92. The van der Waals surface area contributed by atoms with Gasteiger partial charge in [0, 0.05) is 16.3 Å². The van der Waals surface area contributed by atoms with Crippen LogP contribution in [0.5, 0.6) is 5.75 Å². The third kappa shape index (κ3) is 4.91. The maximum atomic E-state index is 13.7. The van der Waals surface area contributed by atoms with E-state index in [1.165, 1.54) is 29.2 Å². The molecule has 1 heterocycles. The second-order valence-electron chi connectivity index (χ2n) is 8.95. The van der Waals surface area contributed by atoms with E-state index < -0.39 is 23.5 Å². The second-order valence-corrected chi connectivity index (χ2v) is 9.39. The Bertz CT molecular complexity index is 1530. The molecule has 1 saturated heterocycles. The summed E-state index contributed by atoms with van der Waals surface area (Å²) in [5.74, 6) is -1.80. The number of benzene rings is 4. The Balaban J connectivity index is 1.55. The number of rotatable bonds is 6. The number of hydrogen-bond donors (Lipinski definition) is 1. The normalized spacial score (nSPS) is 16.6. The van der Waals surface area contributed by atoms with Crippen molar-refractivity contribution in [2.24, 2.45) is 0 Å². The average molecular weight is 528 g/mol. The first kappa shape index (κ1) is 25.2. The van der Waals surface area contributed by atoms with Gasteiger partial charge in [-0.3, -0.25) is 14.5 Å². The van der Waals surface area contributed by atoms with Crippen molar-refractivity contribution in [1.82, 2.24) is 0 Å².